The first-order valence-corrected chi connectivity index (χ1v) is 6.91. The molecule has 2 atom stereocenters. The van der Waals surface area contributed by atoms with Crippen LogP contribution in [0.1, 0.15) is 59.8 Å². The van der Waals surface area contributed by atoms with E-state index in [2.05, 4.69) is 20.8 Å². The van der Waals surface area contributed by atoms with Crippen LogP contribution in [0.2, 0.25) is 0 Å². The number of carbonyl (C=O) groups is 1. The van der Waals surface area contributed by atoms with Crippen LogP contribution in [0.3, 0.4) is 0 Å². The number of esters is 1. The van der Waals surface area contributed by atoms with E-state index < -0.39 is 0 Å². The van der Waals surface area contributed by atoms with Crippen molar-refractivity contribution < 1.29 is 14.3 Å². The lowest BCUT2D eigenvalue weighted by molar-refractivity contribution is -0.144. The smallest absolute Gasteiger partial charge is 0.305 e. The van der Waals surface area contributed by atoms with E-state index in [1.54, 1.807) is 0 Å². The molecule has 17 heavy (non-hydrogen) atoms. The van der Waals surface area contributed by atoms with Gasteiger partial charge < -0.3 is 9.47 Å². The molecular weight excluding hydrogens is 216 g/mol. The molecule has 0 aliphatic rings. The van der Waals surface area contributed by atoms with Gasteiger partial charge in [0.1, 0.15) is 0 Å². The average molecular weight is 244 g/mol. The van der Waals surface area contributed by atoms with Crippen LogP contribution < -0.4 is 0 Å². The van der Waals surface area contributed by atoms with E-state index in [1.165, 1.54) is 6.42 Å². The van der Waals surface area contributed by atoms with Gasteiger partial charge in [-0.15, -0.1) is 0 Å². The highest BCUT2D eigenvalue weighted by Crippen LogP contribution is 2.11. The first-order valence-electron chi connectivity index (χ1n) is 6.91. The van der Waals surface area contributed by atoms with Gasteiger partial charge in [0, 0.05) is 13.0 Å². The normalized spacial score (nSPS) is 14.4. The van der Waals surface area contributed by atoms with Crippen LogP contribution in [-0.4, -0.2) is 25.3 Å². The summed E-state index contributed by atoms with van der Waals surface area (Å²) < 4.78 is 10.7. The van der Waals surface area contributed by atoms with E-state index in [1.807, 2.05) is 6.92 Å². The van der Waals surface area contributed by atoms with Gasteiger partial charge in [-0.05, 0) is 32.1 Å². The fourth-order valence-electron chi connectivity index (χ4n) is 1.56. The van der Waals surface area contributed by atoms with Gasteiger partial charge in [0.2, 0.25) is 0 Å². The summed E-state index contributed by atoms with van der Waals surface area (Å²) in [6.45, 7) is 9.63. The lowest BCUT2D eigenvalue weighted by Crippen LogP contribution is -2.16. The Labute approximate surface area is 106 Å². The van der Waals surface area contributed by atoms with Gasteiger partial charge in [-0.25, -0.2) is 0 Å². The second-order valence-electron chi connectivity index (χ2n) is 4.55. The van der Waals surface area contributed by atoms with Crippen molar-refractivity contribution in [1.29, 1.82) is 0 Å². The molecule has 0 aliphatic heterocycles. The third kappa shape index (κ3) is 9.16. The van der Waals surface area contributed by atoms with Crippen molar-refractivity contribution in [2.45, 2.75) is 65.9 Å². The van der Waals surface area contributed by atoms with Gasteiger partial charge in [-0.3, -0.25) is 4.79 Å². The number of carbonyl (C=O) groups excluding carboxylic acids is 1. The van der Waals surface area contributed by atoms with Gasteiger partial charge in [-0.1, -0.05) is 27.2 Å². The Kier molecular flexibility index (Phi) is 10.2. The minimum atomic E-state index is -0.114. The van der Waals surface area contributed by atoms with Crippen LogP contribution in [0, 0.1) is 5.92 Å². The van der Waals surface area contributed by atoms with E-state index in [4.69, 9.17) is 9.47 Å². The molecule has 0 saturated heterocycles. The zero-order valence-corrected chi connectivity index (χ0v) is 11.8. The van der Waals surface area contributed by atoms with E-state index in [0.29, 0.717) is 13.0 Å². The SMILES string of the molecule is CCOC(=O)CCC(CC)OCC[C@@H](C)CC. The Morgan fingerprint density at radius 1 is 1.12 bits per heavy atom. The maximum atomic E-state index is 11.2. The fraction of sp³-hybridized carbons (Fsp3) is 0.929. The number of rotatable bonds is 10. The summed E-state index contributed by atoms with van der Waals surface area (Å²) in [6, 6.07) is 0. The zero-order valence-electron chi connectivity index (χ0n) is 11.8. The minimum Gasteiger partial charge on any atom is -0.466 e. The Balaban J connectivity index is 3.65. The third-order valence-electron chi connectivity index (χ3n) is 3.09. The van der Waals surface area contributed by atoms with Crippen LogP contribution in [0.4, 0.5) is 0 Å². The number of hydrogen-bond acceptors (Lipinski definition) is 3. The molecule has 0 rings (SSSR count). The highest BCUT2D eigenvalue weighted by atomic mass is 16.5. The summed E-state index contributed by atoms with van der Waals surface area (Å²) in [5.74, 6) is 0.606. The summed E-state index contributed by atoms with van der Waals surface area (Å²) in [7, 11) is 0. The van der Waals surface area contributed by atoms with Crippen molar-refractivity contribution in [1.82, 2.24) is 0 Å². The summed E-state index contributed by atoms with van der Waals surface area (Å²) in [5, 5.41) is 0. The number of ether oxygens (including phenoxy) is 2. The van der Waals surface area contributed by atoms with Gasteiger partial charge in [0.15, 0.2) is 0 Å². The average Bonchev–Trinajstić information content (AvgIpc) is 2.33. The summed E-state index contributed by atoms with van der Waals surface area (Å²) in [4.78, 5) is 11.2. The van der Waals surface area contributed by atoms with Crippen LogP contribution >= 0.6 is 0 Å². The molecule has 0 bridgehead atoms. The summed E-state index contributed by atoms with van der Waals surface area (Å²) in [5.41, 5.74) is 0. The molecule has 0 saturated carbocycles. The monoisotopic (exact) mass is 244 g/mol. The molecular formula is C14H28O3. The number of hydrogen-bond donors (Lipinski definition) is 0. The molecule has 1 unspecified atom stereocenters. The molecule has 3 heteroatoms. The van der Waals surface area contributed by atoms with Gasteiger partial charge in [-0.2, -0.15) is 0 Å². The Bertz CT molecular complexity index is 192. The van der Waals surface area contributed by atoms with Crippen molar-refractivity contribution in [3.8, 4) is 0 Å². The molecule has 0 N–H and O–H groups in total. The van der Waals surface area contributed by atoms with Crippen molar-refractivity contribution in [2.75, 3.05) is 13.2 Å². The van der Waals surface area contributed by atoms with Crippen molar-refractivity contribution in [3.05, 3.63) is 0 Å². The maximum absolute atomic E-state index is 11.2. The van der Waals surface area contributed by atoms with E-state index in [9.17, 15) is 4.79 Å². The second-order valence-corrected chi connectivity index (χ2v) is 4.55. The van der Waals surface area contributed by atoms with Crippen LogP contribution in [0.15, 0.2) is 0 Å². The van der Waals surface area contributed by atoms with Gasteiger partial charge >= 0.3 is 5.97 Å². The van der Waals surface area contributed by atoms with E-state index >= 15 is 0 Å². The standard InChI is InChI=1S/C14H28O3/c1-5-12(4)10-11-17-13(6-2)8-9-14(15)16-7-3/h12-13H,5-11H2,1-4H3/t12-,13?/m0/s1. The van der Waals surface area contributed by atoms with Crippen molar-refractivity contribution in [2.24, 2.45) is 5.92 Å². The van der Waals surface area contributed by atoms with Crippen LogP contribution in [-0.2, 0) is 14.3 Å². The molecule has 0 fully saturated rings. The first-order chi connectivity index (χ1) is 8.13. The second kappa shape index (κ2) is 10.6. The molecule has 0 heterocycles. The lowest BCUT2D eigenvalue weighted by atomic mass is 10.1. The molecule has 0 aromatic carbocycles. The quantitative estimate of drug-likeness (QED) is 0.551. The zero-order chi connectivity index (χ0) is 13.1. The summed E-state index contributed by atoms with van der Waals surface area (Å²) in [6.07, 6.45) is 4.70. The Morgan fingerprint density at radius 2 is 1.82 bits per heavy atom. The van der Waals surface area contributed by atoms with Crippen molar-refractivity contribution >= 4 is 5.97 Å². The van der Waals surface area contributed by atoms with Crippen molar-refractivity contribution in [3.63, 3.8) is 0 Å². The summed E-state index contributed by atoms with van der Waals surface area (Å²) >= 11 is 0. The highest BCUT2D eigenvalue weighted by molar-refractivity contribution is 5.69. The maximum Gasteiger partial charge on any atom is 0.305 e. The van der Waals surface area contributed by atoms with Gasteiger partial charge in [0.05, 0.1) is 12.7 Å². The molecule has 0 spiro atoms. The fourth-order valence-corrected chi connectivity index (χ4v) is 1.56. The first kappa shape index (κ1) is 16.4. The molecule has 102 valence electrons. The largest absolute Gasteiger partial charge is 0.466 e. The van der Waals surface area contributed by atoms with E-state index in [-0.39, 0.29) is 12.1 Å². The van der Waals surface area contributed by atoms with Gasteiger partial charge in [0.25, 0.3) is 0 Å². The molecule has 0 aliphatic carbocycles. The lowest BCUT2D eigenvalue weighted by Gasteiger charge is -2.17. The molecule has 3 nitrogen and oxygen atoms in total. The Hall–Kier alpha value is -0.570. The topological polar surface area (TPSA) is 35.5 Å². The third-order valence-corrected chi connectivity index (χ3v) is 3.09. The molecule has 0 aromatic heterocycles. The predicted octanol–water partition coefficient (Wildman–Crippen LogP) is 3.56. The van der Waals surface area contributed by atoms with Crippen LogP contribution in [0.25, 0.3) is 0 Å². The highest BCUT2D eigenvalue weighted by Gasteiger charge is 2.11. The Morgan fingerprint density at radius 3 is 2.35 bits per heavy atom. The minimum absolute atomic E-state index is 0.114. The van der Waals surface area contributed by atoms with E-state index in [0.717, 1.165) is 31.8 Å². The predicted molar refractivity (Wildman–Crippen MR) is 70.0 cm³/mol. The molecule has 0 aromatic rings. The molecule has 0 amide bonds. The van der Waals surface area contributed by atoms with Crippen LogP contribution in [0.5, 0.6) is 0 Å². The molecule has 0 radical (unpaired) electrons.